The van der Waals surface area contributed by atoms with Crippen LogP contribution in [0, 0.1) is 0 Å². The highest BCUT2D eigenvalue weighted by atomic mass is 16.6. The van der Waals surface area contributed by atoms with Crippen LogP contribution in [0.4, 0.5) is 4.79 Å². The zero-order chi connectivity index (χ0) is 23.0. The van der Waals surface area contributed by atoms with Crippen molar-refractivity contribution in [2.45, 2.75) is 52.4 Å². The van der Waals surface area contributed by atoms with Gasteiger partial charge < -0.3 is 34.0 Å². The van der Waals surface area contributed by atoms with Gasteiger partial charge in [-0.2, -0.15) is 0 Å². The Morgan fingerprint density at radius 3 is 2.45 bits per heavy atom. The third kappa shape index (κ3) is 7.32. The molecule has 0 aliphatic carbocycles. The van der Waals surface area contributed by atoms with Crippen LogP contribution >= 0.6 is 0 Å². The molecular formula is C21H25N2O8-. The number of aromatic nitrogens is 1. The Labute approximate surface area is 179 Å². The molecular weight excluding hydrogens is 408 g/mol. The summed E-state index contributed by atoms with van der Waals surface area (Å²) in [5.74, 6) is -2.84. The van der Waals surface area contributed by atoms with Crippen molar-refractivity contribution in [2.24, 2.45) is 0 Å². The SMILES string of the molecule is CCOC(=O)c1onc(OCc2ccccc2)c1CC(NC(=O)OC(C)(C)C)C(=O)[O-]. The zero-order valence-corrected chi connectivity index (χ0v) is 17.8. The molecule has 0 aliphatic rings. The van der Waals surface area contributed by atoms with Crippen LogP contribution in [-0.4, -0.2) is 41.4 Å². The third-order valence-corrected chi connectivity index (χ3v) is 3.82. The lowest BCUT2D eigenvalue weighted by Crippen LogP contribution is -2.50. The minimum absolute atomic E-state index is 0.0274. The predicted octanol–water partition coefficient (Wildman–Crippen LogP) is 1.62. The molecule has 1 N–H and O–H groups in total. The van der Waals surface area contributed by atoms with E-state index in [4.69, 9.17) is 18.7 Å². The minimum atomic E-state index is -1.59. The number of carboxylic acid groups (broad SMARTS) is 1. The lowest BCUT2D eigenvalue weighted by atomic mass is 10.1. The molecule has 10 heteroatoms. The Bertz CT molecular complexity index is 902. The first-order valence-electron chi connectivity index (χ1n) is 9.63. The van der Waals surface area contributed by atoms with E-state index in [1.54, 1.807) is 27.7 Å². The number of benzene rings is 1. The van der Waals surface area contributed by atoms with E-state index in [1.807, 2.05) is 30.3 Å². The molecule has 1 amide bonds. The largest absolute Gasteiger partial charge is 0.548 e. The molecule has 31 heavy (non-hydrogen) atoms. The molecule has 0 fully saturated rings. The van der Waals surface area contributed by atoms with E-state index < -0.39 is 36.1 Å². The Morgan fingerprint density at radius 2 is 1.87 bits per heavy atom. The number of nitrogens with one attached hydrogen (secondary N) is 1. The van der Waals surface area contributed by atoms with Gasteiger partial charge in [0, 0.05) is 6.42 Å². The number of hydrogen-bond acceptors (Lipinski definition) is 9. The summed E-state index contributed by atoms with van der Waals surface area (Å²) in [5, 5.41) is 17.6. The first-order chi connectivity index (χ1) is 14.6. The first-order valence-corrected chi connectivity index (χ1v) is 9.63. The lowest BCUT2D eigenvalue weighted by Gasteiger charge is -2.24. The van der Waals surface area contributed by atoms with Crippen molar-refractivity contribution >= 4 is 18.0 Å². The van der Waals surface area contributed by atoms with Crippen molar-refractivity contribution in [3.63, 3.8) is 0 Å². The highest BCUT2D eigenvalue weighted by Crippen LogP contribution is 2.25. The van der Waals surface area contributed by atoms with Crippen LogP contribution in [0.1, 0.15) is 49.4 Å². The van der Waals surface area contributed by atoms with Crippen LogP contribution in [-0.2, 0) is 27.3 Å². The number of carbonyl (C=O) groups is 3. The fraction of sp³-hybridized carbons (Fsp3) is 0.429. The van der Waals surface area contributed by atoms with E-state index in [9.17, 15) is 19.5 Å². The van der Waals surface area contributed by atoms with Gasteiger partial charge in [-0.25, -0.2) is 9.59 Å². The molecule has 1 heterocycles. The number of esters is 1. The van der Waals surface area contributed by atoms with Gasteiger partial charge in [0.05, 0.1) is 24.2 Å². The number of amides is 1. The average Bonchev–Trinajstić information content (AvgIpc) is 3.08. The lowest BCUT2D eigenvalue weighted by molar-refractivity contribution is -0.308. The highest BCUT2D eigenvalue weighted by molar-refractivity contribution is 5.89. The number of aliphatic carboxylic acids is 1. The van der Waals surface area contributed by atoms with Gasteiger partial charge >= 0.3 is 12.1 Å². The monoisotopic (exact) mass is 433 g/mol. The molecule has 2 rings (SSSR count). The maximum absolute atomic E-state index is 12.2. The molecule has 0 radical (unpaired) electrons. The molecule has 0 aliphatic heterocycles. The topological polar surface area (TPSA) is 140 Å². The fourth-order valence-corrected chi connectivity index (χ4v) is 2.52. The van der Waals surface area contributed by atoms with E-state index in [0.717, 1.165) is 5.56 Å². The molecule has 1 aromatic carbocycles. The van der Waals surface area contributed by atoms with Gasteiger partial charge in [-0.15, -0.1) is 0 Å². The number of carbonyl (C=O) groups excluding carboxylic acids is 3. The summed E-state index contributed by atoms with van der Waals surface area (Å²) in [6, 6.07) is 7.59. The smallest absolute Gasteiger partial charge is 0.408 e. The maximum atomic E-state index is 12.2. The summed E-state index contributed by atoms with van der Waals surface area (Å²) in [6.45, 7) is 6.67. The molecule has 1 aromatic heterocycles. The van der Waals surface area contributed by atoms with Gasteiger partial charge in [-0.3, -0.25) is 0 Å². The molecule has 2 aromatic rings. The Hall–Kier alpha value is -3.56. The van der Waals surface area contributed by atoms with Crippen molar-refractivity contribution in [2.75, 3.05) is 6.61 Å². The van der Waals surface area contributed by atoms with Gasteiger partial charge in [-0.1, -0.05) is 30.3 Å². The van der Waals surface area contributed by atoms with E-state index in [2.05, 4.69) is 10.5 Å². The normalized spacial score (nSPS) is 12.0. The number of ether oxygens (including phenoxy) is 3. The summed E-state index contributed by atoms with van der Waals surface area (Å²) in [6.07, 6.45) is -1.36. The molecule has 10 nitrogen and oxygen atoms in total. The molecule has 0 saturated carbocycles. The summed E-state index contributed by atoms with van der Waals surface area (Å²) in [7, 11) is 0. The molecule has 1 unspecified atom stereocenters. The third-order valence-electron chi connectivity index (χ3n) is 3.82. The number of hydrogen-bond donors (Lipinski definition) is 1. The first kappa shape index (κ1) is 23.7. The number of alkyl carbamates (subject to hydrolysis) is 1. The molecule has 0 saturated heterocycles. The summed E-state index contributed by atoms with van der Waals surface area (Å²) in [4.78, 5) is 35.9. The van der Waals surface area contributed by atoms with Gasteiger partial charge in [0.1, 0.15) is 12.2 Å². The van der Waals surface area contributed by atoms with Crippen molar-refractivity contribution in [1.82, 2.24) is 10.5 Å². The second-order valence-electron chi connectivity index (χ2n) is 7.51. The fourth-order valence-electron chi connectivity index (χ4n) is 2.52. The number of nitrogens with zero attached hydrogens (tertiary/aromatic N) is 1. The molecule has 0 bridgehead atoms. The standard InChI is InChI=1S/C21H26N2O8/c1-5-28-19(26)16-14(11-15(18(24)25)22-20(27)30-21(2,3)4)17(23-31-16)29-12-13-9-7-6-8-10-13/h6-10,15H,5,11-12H2,1-4H3,(H,22,27)(H,24,25)/p-1. The van der Waals surface area contributed by atoms with Gasteiger partial charge in [0.25, 0.3) is 11.6 Å². The second-order valence-corrected chi connectivity index (χ2v) is 7.51. The van der Waals surface area contributed by atoms with Crippen molar-refractivity contribution in [1.29, 1.82) is 0 Å². The molecule has 0 spiro atoms. The number of carboxylic acids is 1. The van der Waals surface area contributed by atoms with Gasteiger partial charge in [0.2, 0.25) is 0 Å². The van der Waals surface area contributed by atoms with Crippen LogP contribution < -0.4 is 15.2 Å². The Balaban J connectivity index is 2.26. The predicted molar refractivity (Wildman–Crippen MR) is 105 cm³/mol. The Kier molecular flexibility index (Phi) is 8.00. The van der Waals surface area contributed by atoms with Crippen molar-refractivity contribution in [3.8, 4) is 5.88 Å². The van der Waals surface area contributed by atoms with E-state index >= 15 is 0 Å². The highest BCUT2D eigenvalue weighted by Gasteiger charge is 2.29. The summed E-state index contributed by atoms with van der Waals surface area (Å²) in [5.41, 5.74) is 0.00903. The Morgan fingerprint density at radius 1 is 1.19 bits per heavy atom. The second kappa shape index (κ2) is 10.5. The average molecular weight is 433 g/mol. The van der Waals surface area contributed by atoms with Crippen LogP contribution in [0.2, 0.25) is 0 Å². The van der Waals surface area contributed by atoms with Crippen LogP contribution in [0.3, 0.4) is 0 Å². The molecule has 1 atom stereocenters. The maximum Gasteiger partial charge on any atom is 0.408 e. The van der Waals surface area contributed by atoms with Crippen molar-refractivity contribution in [3.05, 3.63) is 47.2 Å². The minimum Gasteiger partial charge on any atom is -0.548 e. The quantitative estimate of drug-likeness (QED) is 0.584. The van der Waals surface area contributed by atoms with Crippen LogP contribution in [0.5, 0.6) is 5.88 Å². The number of rotatable bonds is 9. The summed E-state index contributed by atoms with van der Waals surface area (Å²) >= 11 is 0. The zero-order valence-electron chi connectivity index (χ0n) is 17.8. The van der Waals surface area contributed by atoms with Crippen LogP contribution in [0.25, 0.3) is 0 Å². The van der Waals surface area contributed by atoms with Crippen LogP contribution in [0.15, 0.2) is 34.9 Å². The van der Waals surface area contributed by atoms with Gasteiger partial charge in [-0.05, 0) is 38.4 Å². The van der Waals surface area contributed by atoms with E-state index in [0.29, 0.717) is 0 Å². The summed E-state index contributed by atoms with van der Waals surface area (Å²) < 4.78 is 20.7. The van der Waals surface area contributed by atoms with Gasteiger partial charge in [0.15, 0.2) is 0 Å². The van der Waals surface area contributed by atoms with E-state index in [-0.39, 0.29) is 30.4 Å². The van der Waals surface area contributed by atoms with Crippen molar-refractivity contribution < 1.29 is 38.2 Å². The van der Waals surface area contributed by atoms with E-state index in [1.165, 1.54) is 0 Å². The molecule has 168 valence electrons.